The van der Waals surface area contributed by atoms with E-state index in [0.29, 0.717) is 0 Å². The van der Waals surface area contributed by atoms with E-state index in [0.717, 1.165) is 22.8 Å². The van der Waals surface area contributed by atoms with Crippen molar-refractivity contribution in [3.63, 3.8) is 0 Å². The zero-order valence-electron chi connectivity index (χ0n) is 15.0. The molecule has 0 saturated carbocycles. The first-order chi connectivity index (χ1) is 12.7. The molecule has 1 aromatic heterocycles. The summed E-state index contributed by atoms with van der Waals surface area (Å²) in [6.07, 6.45) is 0. The Labute approximate surface area is 154 Å². The normalized spacial score (nSPS) is 11.0. The van der Waals surface area contributed by atoms with E-state index < -0.39 is 0 Å². The zero-order valence-corrected chi connectivity index (χ0v) is 15.0. The van der Waals surface area contributed by atoms with Gasteiger partial charge in [-0.15, -0.1) is 0 Å². The summed E-state index contributed by atoms with van der Waals surface area (Å²) >= 11 is 0. The van der Waals surface area contributed by atoms with Crippen LogP contribution in [0.15, 0.2) is 84.9 Å². The van der Waals surface area contributed by atoms with Crippen LogP contribution >= 0.6 is 0 Å². The molecule has 0 saturated heterocycles. The van der Waals surface area contributed by atoms with Crippen molar-refractivity contribution < 1.29 is 0 Å². The highest BCUT2D eigenvalue weighted by Gasteiger charge is 2.15. The molecule has 0 unspecified atom stereocenters. The van der Waals surface area contributed by atoms with Gasteiger partial charge in [0.25, 0.3) is 0 Å². The van der Waals surface area contributed by atoms with E-state index in [4.69, 9.17) is 10.1 Å². The lowest BCUT2D eigenvalue weighted by atomic mass is 10.0. The lowest BCUT2D eigenvalue weighted by molar-refractivity contribution is 0.539. The van der Waals surface area contributed by atoms with Gasteiger partial charge >= 0.3 is 0 Å². The van der Waals surface area contributed by atoms with Crippen molar-refractivity contribution in [1.82, 2.24) is 14.8 Å². The van der Waals surface area contributed by atoms with E-state index in [-0.39, 0.29) is 6.04 Å². The van der Waals surface area contributed by atoms with E-state index >= 15 is 0 Å². The monoisotopic (exact) mass is 339 g/mol. The maximum atomic E-state index is 4.86. The Morgan fingerprint density at radius 1 is 0.654 bits per heavy atom. The van der Waals surface area contributed by atoms with Gasteiger partial charge in [-0.05, 0) is 31.0 Å². The van der Waals surface area contributed by atoms with Gasteiger partial charge in [0.1, 0.15) is 0 Å². The van der Waals surface area contributed by atoms with Crippen molar-refractivity contribution >= 4 is 0 Å². The fourth-order valence-electron chi connectivity index (χ4n) is 3.06. The second-order valence-corrected chi connectivity index (χ2v) is 6.61. The van der Waals surface area contributed by atoms with Gasteiger partial charge < -0.3 is 0 Å². The van der Waals surface area contributed by atoms with Crippen LogP contribution in [0.25, 0.3) is 33.9 Å². The molecule has 1 heterocycles. The minimum absolute atomic E-state index is 0.240. The summed E-state index contributed by atoms with van der Waals surface area (Å²) in [6, 6.07) is 29.3. The standard InChI is InChI=1S/C23H21N3/c1-17(2)26-23(19-12-7-4-8-13-19)24-22(25-26)21-15-9-14-20(16-21)18-10-5-3-6-11-18/h3-17H,1-2H3. The fourth-order valence-corrected chi connectivity index (χ4v) is 3.06. The van der Waals surface area contributed by atoms with Crippen LogP contribution in [0.5, 0.6) is 0 Å². The van der Waals surface area contributed by atoms with E-state index in [1.807, 2.05) is 28.9 Å². The highest BCUT2D eigenvalue weighted by atomic mass is 15.4. The predicted octanol–water partition coefficient (Wildman–Crippen LogP) is 5.86. The Morgan fingerprint density at radius 2 is 1.23 bits per heavy atom. The van der Waals surface area contributed by atoms with Gasteiger partial charge in [-0.2, -0.15) is 5.10 Å². The quantitative estimate of drug-likeness (QED) is 0.466. The Balaban J connectivity index is 1.80. The van der Waals surface area contributed by atoms with E-state index in [2.05, 4.69) is 74.5 Å². The Morgan fingerprint density at radius 3 is 1.88 bits per heavy atom. The van der Waals surface area contributed by atoms with Crippen LogP contribution in [0.2, 0.25) is 0 Å². The van der Waals surface area contributed by atoms with Crippen molar-refractivity contribution in [1.29, 1.82) is 0 Å². The summed E-state index contributed by atoms with van der Waals surface area (Å²) in [5, 5.41) is 4.80. The lowest BCUT2D eigenvalue weighted by Crippen LogP contribution is -2.05. The summed E-state index contributed by atoms with van der Waals surface area (Å²) < 4.78 is 2.00. The molecule has 0 fully saturated rings. The van der Waals surface area contributed by atoms with Crippen molar-refractivity contribution in [2.75, 3.05) is 0 Å². The van der Waals surface area contributed by atoms with Crippen LogP contribution in [0.3, 0.4) is 0 Å². The summed E-state index contributed by atoms with van der Waals surface area (Å²) in [7, 11) is 0. The van der Waals surface area contributed by atoms with Gasteiger partial charge in [0.05, 0.1) is 0 Å². The van der Waals surface area contributed by atoms with Gasteiger partial charge in [-0.25, -0.2) is 9.67 Å². The van der Waals surface area contributed by atoms with Crippen LogP contribution in [-0.2, 0) is 0 Å². The molecule has 0 spiro atoms. The van der Waals surface area contributed by atoms with Gasteiger partial charge in [0, 0.05) is 17.2 Å². The minimum atomic E-state index is 0.240. The van der Waals surface area contributed by atoms with Crippen molar-refractivity contribution in [2.45, 2.75) is 19.9 Å². The van der Waals surface area contributed by atoms with Crippen molar-refractivity contribution in [3.05, 3.63) is 84.9 Å². The maximum absolute atomic E-state index is 4.86. The molecule has 3 aromatic carbocycles. The Kier molecular flexibility index (Phi) is 4.36. The number of aromatic nitrogens is 3. The fraction of sp³-hybridized carbons (Fsp3) is 0.130. The summed E-state index contributed by atoms with van der Waals surface area (Å²) in [5.41, 5.74) is 4.48. The van der Waals surface area contributed by atoms with Crippen molar-refractivity contribution in [2.24, 2.45) is 0 Å². The van der Waals surface area contributed by atoms with Gasteiger partial charge in [-0.3, -0.25) is 0 Å². The Hall–Kier alpha value is -3.20. The van der Waals surface area contributed by atoms with E-state index in [1.54, 1.807) is 0 Å². The van der Waals surface area contributed by atoms with Crippen LogP contribution < -0.4 is 0 Å². The predicted molar refractivity (Wildman–Crippen MR) is 107 cm³/mol. The average molecular weight is 339 g/mol. The molecule has 3 heteroatoms. The molecule has 0 N–H and O–H groups in total. The first kappa shape index (κ1) is 16.3. The van der Waals surface area contributed by atoms with Crippen LogP contribution in [0, 0.1) is 0 Å². The molecule has 26 heavy (non-hydrogen) atoms. The molecular formula is C23H21N3. The molecule has 0 radical (unpaired) electrons. The molecule has 0 bridgehead atoms. The molecule has 4 aromatic rings. The summed E-state index contributed by atoms with van der Waals surface area (Å²) in [6.45, 7) is 4.26. The summed E-state index contributed by atoms with van der Waals surface area (Å²) in [5.74, 6) is 1.66. The summed E-state index contributed by atoms with van der Waals surface area (Å²) in [4.78, 5) is 4.86. The number of hydrogen-bond donors (Lipinski definition) is 0. The van der Waals surface area contributed by atoms with Gasteiger partial charge in [0.2, 0.25) is 0 Å². The second-order valence-electron chi connectivity index (χ2n) is 6.61. The Bertz CT molecular complexity index is 1000. The smallest absolute Gasteiger partial charge is 0.181 e. The number of benzene rings is 3. The topological polar surface area (TPSA) is 30.7 Å². The first-order valence-electron chi connectivity index (χ1n) is 8.90. The minimum Gasteiger partial charge on any atom is -0.243 e. The zero-order chi connectivity index (χ0) is 17.9. The molecular weight excluding hydrogens is 318 g/mol. The molecule has 0 atom stereocenters. The van der Waals surface area contributed by atoms with E-state index in [1.165, 1.54) is 11.1 Å². The van der Waals surface area contributed by atoms with Crippen LogP contribution in [0.4, 0.5) is 0 Å². The average Bonchev–Trinajstić information content (AvgIpc) is 3.15. The number of nitrogens with zero attached hydrogens (tertiary/aromatic N) is 3. The van der Waals surface area contributed by atoms with Crippen LogP contribution in [0.1, 0.15) is 19.9 Å². The molecule has 0 aliphatic heterocycles. The van der Waals surface area contributed by atoms with E-state index in [9.17, 15) is 0 Å². The molecule has 3 nitrogen and oxygen atoms in total. The van der Waals surface area contributed by atoms with Crippen LogP contribution in [-0.4, -0.2) is 14.8 Å². The molecule has 128 valence electrons. The third kappa shape index (κ3) is 3.16. The lowest BCUT2D eigenvalue weighted by Gasteiger charge is -2.08. The molecule has 0 amide bonds. The number of rotatable bonds is 4. The molecule has 0 aliphatic rings. The van der Waals surface area contributed by atoms with Gasteiger partial charge in [0.15, 0.2) is 11.6 Å². The number of hydrogen-bond acceptors (Lipinski definition) is 2. The molecule has 0 aliphatic carbocycles. The third-order valence-corrected chi connectivity index (χ3v) is 4.38. The highest BCUT2D eigenvalue weighted by Crippen LogP contribution is 2.28. The first-order valence-corrected chi connectivity index (χ1v) is 8.90. The SMILES string of the molecule is CC(C)n1nc(-c2cccc(-c3ccccc3)c2)nc1-c1ccccc1. The second kappa shape index (κ2) is 6.96. The van der Waals surface area contributed by atoms with Gasteiger partial charge in [-0.1, -0.05) is 78.9 Å². The van der Waals surface area contributed by atoms with Crippen molar-refractivity contribution in [3.8, 4) is 33.9 Å². The molecule has 4 rings (SSSR count). The maximum Gasteiger partial charge on any atom is 0.181 e. The third-order valence-electron chi connectivity index (χ3n) is 4.38. The largest absolute Gasteiger partial charge is 0.243 e. The highest BCUT2D eigenvalue weighted by molar-refractivity contribution is 5.71.